The van der Waals surface area contributed by atoms with E-state index in [4.69, 9.17) is 9.97 Å². The molecule has 0 unspecified atom stereocenters. The lowest BCUT2D eigenvalue weighted by molar-refractivity contribution is 0.125. The van der Waals surface area contributed by atoms with Crippen LogP contribution in [0.1, 0.15) is 88.4 Å². The predicted octanol–water partition coefficient (Wildman–Crippen LogP) is 7.13. The van der Waals surface area contributed by atoms with E-state index in [1.54, 1.807) is 16.8 Å². The maximum atomic E-state index is 14.9. The molecule has 1 aromatic carbocycles. The van der Waals surface area contributed by atoms with Gasteiger partial charge in [-0.2, -0.15) is 5.10 Å². The van der Waals surface area contributed by atoms with Gasteiger partial charge in [-0.3, -0.25) is 4.68 Å². The average molecular weight is 471 g/mol. The summed E-state index contributed by atoms with van der Waals surface area (Å²) in [6.07, 6.45) is 17.3. The van der Waals surface area contributed by atoms with Crippen LogP contribution in [0.15, 0.2) is 36.5 Å². The summed E-state index contributed by atoms with van der Waals surface area (Å²) in [6.45, 7) is 0. The van der Waals surface area contributed by atoms with Crippen molar-refractivity contribution < 1.29 is 4.39 Å². The van der Waals surface area contributed by atoms with Gasteiger partial charge in [0.05, 0.1) is 17.1 Å². The lowest BCUT2D eigenvalue weighted by atomic mass is 9.57. The predicted molar refractivity (Wildman–Crippen MR) is 135 cm³/mol. The molecule has 0 radical (unpaired) electrons. The Morgan fingerprint density at radius 1 is 0.743 bits per heavy atom. The summed E-state index contributed by atoms with van der Waals surface area (Å²) in [5.74, 6) is 2.27. The zero-order valence-corrected chi connectivity index (χ0v) is 20.8. The lowest BCUT2D eigenvalue weighted by Gasteiger charge is -2.48. The van der Waals surface area contributed by atoms with E-state index >= 15 is 0 Å². The monoisotopic (exact) mass is 470 g/mol. The van der Waals surface area contributed by atoms with E-state index in [2.05, 4.69) is 11.2 Å². The molecule has 0 N–H and O–H groups in total. The number of rotatable bonds is 4. The molecule has 5 heteroatoms. The minimum Gasteiger partial charge on any atom is -0.275 e. The Morgan fingerprint density at radius 2 is 1.26 bits per heavy atom. The van der Waals surface area contributed by atoms with Crippen LogP contribution in [0.5, 0.6) is 0 Å². The highest BCUT2D eigenvalue weighted by Crippen LogP contribution is 2.54. The quantitative estimate of drug-likeness (QED) is 0.407. The molecule has 4 bridgehead atoms. The molecule has 6 aliphatic rings. The highest BCUT2D eigenvalue weighted by molar-refractivity contribution is 5.68. The van der Waals surface area contributed by atoms with Crippen LogP contribution in [0, 0.1) is 17.7 Å². The first-order valence-corrected chi connectivity index (χ1v) is 13.7. The number of aromatic nitrogens is 4. The molecule has 0 saturated heterocycles. The SMILES string of the molecule is Cn1ccc(-c2cc(F)cc(-c3nc(C45CCC(CC4)CC5)cc(C45CCC(CC4)CC5)n3)c2)n1. The fourth-order valence-corrected chi connectivity index (χ4v) is 7.82. The molecule has 0 atom stereocenters. The molecular formula is C30H35FN4. The Bertz CT molecular complexity index is 1180. The average Bonchev–Trinajstić information content (AvgIpc) is 3.36. The Kier molecular flexibility index (Phi) is 4.94. The Labute approximate surface area is 207 Å². The van der Waals surface area contributed by atoms with E-state index in [1.807, 2.05) is 25.4 Å². The van der Waals surface area contributed by atoms with Gasteiger partial charge in [-0.1, -0.05) is 0 Å². The summed E-state index contributed by atoms with van der Waals surface area (Å²) in [6, 6.07) is 9.54. The van der Waals surface area contributed by atoms with Crippen molar-refractivity contribution in [1.29, 1.82) is 0 Å². The molecule has 2 aromatic heterocycles. The molecule has 0 spiro atoms. The molecule has 0 aliphatic heterocycles. The van der Waals surface area contributed by atoms with Crippen molar-refractivity contribution in [3.05, 3.63) is 53.7 Å². The first-order valence-electron chi connectivity index (χ1n) is 13.7. The largest absolute Gasteiger partial charge is 0.275 e. The number of benzene rings is 1. The number of fused-ring (bicyclic) bond motifs is 6. The van der Waals surface area contributed by atoms with Crippen molar-refractivity contribution >= 4 is 0 Å². The summed E-state index contributed by atoms with van der Waals surface area (Å²) in [4.78, 5) is 10.5. The summed E-state index contributed by atoms with van der Waals surface area (Å²) in [5.41, 5.74) is 5.17. The van der Waals surface area contributed by atoms with Crippen LogP contribution in [0.2, 0.25) is 0 Å². The first-order chi connectivity index (χ1) is 17.0. The molecule has 182 valence electrons. The van der Waals surface area contributed by atoms with Crippen molar-refractivity contribution in [2.24, 2.45) is 18.9 Å². The van der Waals surface area contributed by atoms with Crippen LogP contribution in [0.4, 0.5) is 4.39 Å². The normalized spacial score (nSPS) is 31.7. The van der Waals surface area contributed by atoms with E-state index in [0.29, 0.717) is 5.82 Å². The number of hydrogen-bond acceptors (Lipinski definition) is 3. The van der Waals surface area contributed by atoms with Crippen LogP contribution in [-0.2, 0) is 17.9 Å². The van der Waals surface area contributed by atoms with Crippen molar-refractivity contribution in [2.45, 2.75) is 87.9 Å². The molecule has 0 amide bonds. The highest BCUT2D eigenvalue weighted by Gasteiger charge is 2.46. The molecule has 6 saturated carbocycles. The molecule has 6 fully saturated rings. The first kappa shape index (κ1) is 21.7. The smallest absolute Gasteiger partial charge is 0.159 e. The minimum absolute atomic E-state index is 0.181. The fourth-order valence-electron chi connectivity index (χ4n) is 7.82. The standard InChI is InChI=1S/C30H35FN4/c1-35-15-8-25(34-35)22-16-23(18-24(31)17-22)28-32-26(29-9-2-20(3-10-29)4-11-29)19-27(33-28)30-12-5-21(6-13-30)7-14-30/h8,15-21H,2-7,9-14H2,1H3. The highest BCUT2D eigenvalue weighted by atomic mass is 19.1. The maximum Gasteiger partial charge on any atom is 0.159 e. The molecule has 2 heterocycles. The van der Waals surface area contributed by atoms with Gasteiger partial charge in [0.2, 0.25) is 0 Å². The number of nitrogens with zero attached hydrogens (tertiary/aromatic N) is 4. The second-order valence-corrected chi connectivity index (χ2v) is 12.1. The van der Waals surface area contributed by atoms with E-state index in [-0.39, 0.29) is 16.6 Å². The van der Waals surface area contributed by atoms with Gasteiger partial charge in [-0.15, -0.1) is 0 Å². The third-order valence-electron chi connectivity index (χ3n) is 10.2. The van der Waals surface area contributed by atoms with Gasteiger partial charge in [0.25, 0.3) is 0 Å². The van der Waals surface area contributed by atoms with Gasteiger partial charge < -0.3 is 0 Å². The minimum atomic E-state index is -0.258. The third-order valence-corrected chi connectivity index (χ3v) is 10.2. The summed E-state index contributed by atoms with van der Waals surface area (Å²) in [7, 11) is 1.89. The van der Waals surface area contributed by atoms with Gasteiger partial charge >= 0.3 is 0 Å². The second-order valence-electron chi connectivity index (χ2n) is 12.1. The van der Waals surface area contributed by atoms with Crippen LogP contribution in [0.3, 0.4) is 0 Å². The summed E-state index contributed by atoms with van der Waals surface area (Å²) in [5, 5.41) is 4.51. The fraction of sp³-hybridized carbons (Fsp3) is 0.567. The van der Waals surface area contributed by atoms with E-state index < -0.39 is 0 Å². The molecule has 9 rings (SSSR count). The Morgan fingerprint density at radius 3 is 1.74 bits per heavy atom. The summed E-state index contributed by atoms with van der Waals surface area (Å²) >= 11 is 0. The van der Waals surface area contributed by atoms with Crippen molar-refractivity contribution in [1.82, 2.24) is 19.7 Å². The number of halogens is 1. The Balaban J connectivity index is 1.38. The third kappa shape index (κ3) is 3.65. The van der Waals surface area contributed by atoms with Crippen molar-refractivity contribution in [3.63, 3.8) is 0 Å². The van der Waals surface area contributed by atoms with Crippen LogP contribution < -0.4 is 0 Å². The molecule has 6 aliphatic carbocycles. The van der Waals surface area contributed by atoms with Gasteiger partial charge in [-0.05, 0) is 119 Å². The number of hydrogen-bond donors (Lipinski definition) is 0. The van der Waals surface area contributed by atoms with Crippen LogP contribution >= 0.6 is 0 Å². The van der Waals surface area contributed by atoms with E-state index in [1.165, 1.54) is 88.4 Å². The maximum absolute atomic E-state index is 14.9. The van der Waals surface area contributed by atoms with Gasteiger partial charge in [0.1, 0.15) is 5.82 Å². The van der Waals surface area contributed by atoms with E-state index in [0.717, 1.165) is 28.7 Å². The van der Waals surface area contributed by atoms with Crippen molar-refractivity contribution in [3.8, 4) is 22.6 Å². The van der Waals surface area contributed by atoms with Gasteiger partial charge in [0.15, 0.2) is 5.82 Å². The summed E-state index contributed by atoms with van der Waals surface area (Å²) < 4.78 is 16.7. The molecular weight excluding hydrogens is 435 g/mol. The second kappa shape index (κ2) is 7.97. The van der Waals surface area contributed by atoms with Gasteiger partial charge in [-0.25, -0.2) is 14.4 Å². The van der Waals surface area contributed by atoms with Gasteiger partial charge in [0, 0.05) is 35.2 Å². The zero-order valence-electron chi connectivity index (χ0n) is 20.8. The van der Waals surface area contributed by atoms with E-state index in [9.17, 15) is 4.39 Å². The molecule has 35 heavy (non-hydrogen) atoms. The molecule has 4 nitrogen and oxygen atoms in total. The van der Waals surface area contributed by atoms with Crippen LogP contribution in [-0.4, -0.2) is 19.7 Å². The van der Waals surface area contributed by atoms with Crippen LogP contribution in [0.25, 0.3) is 22.6 Å². The lowest BCUT2D eigenvalue weighted by Crippen LogP contribution is -2.41. The number of aryl methyl sites for hydroxylation is 1. The van der Waals surface area contributed by atoms with Crippen molar-refractivity contribution in [2.75, 3.05) is 0 Å². The Hall–Kier alpha value is -2.56. The topological polar surface area (TPSA) is 43.6 Å². The zero-order chi connectivity index (χ0) is 23.6. The molecule has 3 aromatic rings.